The van der Waals surface area contributed by atoms with Gasteiger partial charge in [0.15, 0.2) is 0 Å². The summed E-state index contributed by atoms with van der Waals surface area (Å²) in [6.07, 6.45) is 3.66. The number of nitro benzene ring substituents is 1. The number of amides is 2. The van der Waals surface area contributed by atoms with Crippen molar-refractivity contribution < 1.29 is 24.4 Å². The molecule has 0 heterocycles. The summed E-state index contributed by atoms with van der Waals surface area (Å²) in [6, 6.07) is 12.2. The van der Waals surface area contributed by atoms with Crippen LogP contribution in [0.1, 0.15) is 42.1 Å². The normalized spacial score (nSPS) is 11.0. The number of hydrogen-bond donors (Lipinski definition) is 3. The van der Waals surface area contributed by atoms with E-state index in [4.69, 9.17) is 9.84 Å². The van der Waals surface area contributed by atoms with Gasteiger partial charge in [-0.1, -0.05) is 25.5 Å². The second-order valence-electron chi connectivity index (χ2n) is 6.92. The van der Waals surface area contributed by atoms with Crippen molar-refractivity contribution in [3.05, 3.63) is 75.5 Å². The molecule has 0 aromatic heterocycles. The molecule has 0 fully saturated rings. The number of nitrogens with zero attached hydrogens (tertiary/aromatic N) is 1. The summed E-state index contributed by atoms with van der Waals surface area (Å²) >= 11 is 0. The summed E-state index contributed by atoms with van der Waals surface area (Å²) in [4.78, 5) is 35.8. The van der Waals surface area contributed by atoms with Crippen LogP contribution in [0.5, 0.6) is 5.75 Å². The van der Waals surface area contributed by atoms with Gasteiger partial charge < -0.3 is 20.5 Å². The SMILES string of the molecule is CCCCOc1ccc(C(=O)N/C(=C/c2cccc([N+](=O)[O-])c2)C(=O)NCCCO)cc1. The molecule has 0 aliphatic rings. The number of nitrogens with one attached hydrogen (secondary N) is 2. The van der Waals surface area contributed by atoms with Gasteiger partial charge in [-0.15, -0.1) is 0 Å². The minimum atomic E-state index is -0.571. The molecule has 170 valence electrons. The van der Waals surface area contributed by atoms with Crippen molar-refractivity contribution in [1.82, 2.24) is 10.6 Å². The topological polar surface area (TPSA) is 131 Å². The summed E-state index contributed by atoms with van der Waals surface area (Å²) in [7, 11) is 0. The molecule has 0 radical (unpaired) electrons. The Morgan fingerprint density at radius 3 is 2.56 bits per heavy atom. The zero-order valence-electron chi connectivity index (χ0n) is 17.9. The van der Waals surface area contributed by atoms with Crippen LogP contribution in [0.3, 0.4) is 0 Å². The van der Waals surface area contributed by atoms with Gasteiger partial charge in [0.1, 0.15) is 11.4 Å². The second-order valence-corrected chi connectivity index (χ2v) is 6.92. The molecule has 2 aromatic rings. The molecule has 0 aliphatic heterocycles. The monoisotopic (exact) mass is 441 g/mol. The van der Waals surface area contributed by atoms with E-state index in [1.54, 1.807) is 30.3 Å². The number of carbonyl (C=O) groups is 2. The van der Waals surface area contributed by atoms with Crippen LogP contribution in [0.2, 0.25) is 0 Å². The number of hydrogen-bond acceptors (Lipinski definition) is 6. The minimum absolute atomic E-state index is 0.0725. The van der Waals surface area contributed by atoms with Crippen molar-refractivity contribution in [2.24, 2.45) is 0 Å². The Labute approximate surface area is 186 Å². The van der Waals surface area contributed by atoms with Crippen LogP contribution in [0.25, 0.3) is 6.08 Å². The van der Waals surface area contributed by atoms with Gasteiger partial charge in [-0.2, -0.15) is 0 Å². The molecule has 9 heteroatoms. The lowest BCUT2D eigenvalue weighted by Crippen LogP contribution is -2.35. The molecule has 0 spiro atoms. The predicted molar refractivity (Wildman–Crippen MR) is 120 cm³/mol. The third-order valence-corrected chi connectivity index (χ3v) is 4.39. The molecule has 3 N–H and O–H groups in total. The smallest absolute Gasteiger partial charge is 0.270 e. The lowest BCUT2D eigenvalue weighted by atomic mass is 10.1. The van der Waals surface area contributed by atoms with E-state index in [1.807, 2.05) is 0 Å². The summed E-state index contributed by atoms with van der Waals surface area (Å²) < 4.78 is 5.58. The van der Waals surface area contributed by atoms with E-state index in [-0.39, 0.29) is 24.5 Å². The summed E-state index contributed by atoms with van der Waals surface area (Å²) in [5.41, 5.74) is 0.493. The van der Waals surface area contributed by atoms with E-state index in [0.29, 0.717) is 29.9 Å². The number of benzene rings is 2. The van der Waals surface area contributed by atoms with E-state index >= 15 is 0 Å². The van der Waals surface area contributed by atoms with E-state index in [2.05, 4.69) is 17.6 Å². The van der Waals surface area contributed by atoms with Crippen molar-refractivity contribution in [3.63, 3.8) is 0 Å². The Morgan fingerprint density at radius 1 is 1.16 bits per heavy atom. The summed E-state index contributed by atoms with van der Waals surface area (Å²) in [6.45, 7) is 2.77. The molecule has 2 rings (SSSR count). The number of nitro groups is 1. The fraction of sp³-hybridized carbons (Fsp3) is 0.304. The van der Waals surface area contributed by atoms with Crippen LogP contribution in [-0.4, -0.2) is 41.6 Å². The highest BCUT2D eigenvalue weighted by atomic mass is 16.6. The molecule has 9 nitrogen and oxygen atoms in total. The number of ether oxygens (including phenoxy) is 1. The van der Waals surface area contributed by atoms with Crippen LogP contribution in [0.4, 0.5) is 5.69 Å². The van der Waals surface area contributed by atoms with Crippen molar-refractivity contribution in [2.75, 3.05) is 19.8 Å². The van der Waals surface area contributed by atoms with Crippen molar-refractivity contribution in [2.45, 2.75) is 26.2 Å². The fourth-order valence-electron chi connectivity index (χ4n) is 2.66. The quantitative estimate of drug-likeness (QED) is 0.201. The summed E-state index contributed by atoms with van der Waals surface area (Å²) in [5.74, 6) is -0.443. The highest BCUT2D eigenvalue weighted by molar-refractivity contribution is 6.05. The molecule has 2 amide bonds. The van der Waals surface area contributed by atoms with Crippen molar-refractivity contribution in [1.29, 1.82) is 0 Å². The van der Waals surface area contributed by atoms with Crippen LogP contribution < -0.4 is 15.4 Å². The molecule has 0 saturated carbocycles. The zero-order valence-corrected chi connectivity index (χ0v) is 17.9. The van der Waals surface area contributed by atoms with Crippen molar-refractivity contribution in [3.8, 4) is 5.75 Å². The van der Waals surface area contributed by atoms with E-state index in [1.165, 1.54) is 24.3 Å². The highest BCUT2D eigenvalue weighted by Gasteiger charge is 2.15. The first kappa shape index (κ1) is 24.5. The first-order chi connectivity index (χ1) is 15.4. The van der Waals surface area contributed by atoms with Crippen molar-refractivity contribution >= 4 is 23.6 Å². The minimum Gasteiger partial charge on any atom is -0.494 e. The third-order valence-electron chi connectivity index (χ3n) is 4.39. The maximum atomic E-state index is 12.7. The zero-order chi connectivity index (χ0) is 23.3. The number of aliphatic hydroxyl groups excluding tert-OH is 1. The van der Waals surface area contributed by atoms with Gasteiger partial charge >= 0.3 is 0 Å². The molecule has 32 heavy (non-hydrogen) atoms. The molecule has 0 bridgehead atoms. The summed E-state index contributed by atoms with van der Waals surface area (Å²) in [5, 5.41) is 25.1. The largest absolute Gasteiger partial charge is 0.494 e. The Kier molecular flexibility index (Phi) is 9.86. The van der Waals surface area contributed by atoms with Gasteiger partial charge in [0, 0.05) is 30.8 Å². The fourth-order valence-corrected chi connectivity index (χ4v) is 2.66. The van der Waals surface area contributed by atoms with Gasteiger partial charge in [0.2, 0.25) is 0 Å². The van der Waals surface area contributed by atoms with Gasteiger partial charge in [-0.25, -0.2) is 0 Å². The Balaban J connectivity index is 2.20. The molecule has 0 unspecified atom stereocenters. The van der Waals surface area contributed by atoms with Gasteiger partial charge in [-0.3, -0.25) is 19.7 Å². The van der Waals surface area contributed by atoms with Gasteiger partial charge in [0.05, 0.1) is 11.5 Å². The molecule has 0 saturated heterocycles. The lowest BCUT2D eigenvalue weighted by molar-refractivity contribution is -0.384. The maximum absolute atomic E-state index is 12.7. The Morgan fingerprint density at radius 2 is 1.91 bits per heavy atom. The number of unbranched alkanes of at least 4 members (excludes halogenated alkanes) is 1. The first-order valence-corrected chi connectivity index (χ1v) is 10.3. The van der Waals surface area contributed by atoms with Crippen LogP contribution in [0.15, 0.2) is 54.2 Å². The standard InChI is InChI=1S/C23H27N3O6/c1-2-3-14-32-20-10-8-18(9-11-20)22(28)25-21(23(29)24-12-5-13-27)16-17-6-4-7-19(15-17)26(30)31/h4,6-11,15-16,27H,2-3,5,12-14H2,1H3,(H,24,29)(H,25,28)/b21-16+. The number of aliphatic hydroxyl groups is 1. The van der Waals surface area contributed by atoms with E-state index < -0.39 is 16.7 Å². The van der Waals surface area contributed by atoms with Crippen LogP contribution in [0, 0.1) is 10.1 Å². The van der Waals surface area contributed by atoms with Crippen LogP contribution in [-0.2, 0) is 4.79 Å². The Bertz CT molecular complexity index is 956. The second kappa shape index (κ2) is 12.9. The lowest BCUT2D eigenvalue weighted by Gasteiger charge is -2.11. The molecule has 0 aliphatic carbocycles. The third kappa shape index (κ3) is 7.84. The molecular weight excluding hydrogens is 414 g/mol. The number of non-ortho nitro benzene ring substituents is 1. The molecule has 0 atom stereocenters. The average molecular weight is 441 g/mol. The number of carbonyl (C=O) groups excluding carboxylic acids is 2. The van der Waals surface area contributed by atoms with E-state index in [9.17, 15) is 19.7 Å². The maximum Gasteiger partial charge on any atom is 0.270 e. The van der Waals surface area contributed by atoms with E-state index in [0.717, 1.165) is 12.8 Å². The van der Waals surface area contributed by atoms with Crippen LogP contribution >= 0.6 is 0 Å². The highest BCUT2D eigenvalue weighted by Crippen LogP contribution is 2.16. The molecular formula is C23H27N3O6. The molecule has 2 aromatic carbocycles. The predicted octanol–water partition coefficient (Wildman–Crippen LogP) is 3.04. The number of rotatable bonds is 12. The average Bonchev–Trinajstić information content (AvgIpc) is 2.79. The Hall–Kier alpha value is -3.72. The van der Waals surface area contributed by atoms with Gasteiger partial charge in [-0.05, 0) is 48.7 Å². The first-order valence-electron chi connectivity index (χ1n) is 10.3. The van der Waals surface area contributed by atoms with Gasteiger partial charge in [0.25, 0.3) is 17.5 Å².